The number of hydrogen-bond donors (Lipinski definition) is 2. The summed E-state index contributed by atoms with van der Waals surface area (Å²) in [6.07, 6.45) is 5.74. The van der Waals surface area contributed by atoms with Crippen molar-refractivity contribution in [1.82, 2.24) is 15.6 Å². The van der Waals surface area contributed by atoms with Crippen molar-refractivity contribution < 1.29 is 0 Å². The highest BCUT2D eigenvalue weighted by Gasteiger charge is 2.07. The van der Waals surface area contributed by atoms with Crippen molar-refractivity contribution in [3.05, 3.63) is 65.0 Å². The number of nitrogens with zero attached hydrogens (tertiary/aromatic N) is 2. The Morgan fingerprint density at radius 2 is 1.92 bits per heavy atom. The molecule has 25 heavy (non-hydrogen) atoms. The Labute approximate surface area is 151 Å². The molecule has 1 atom stereocenters. The summed E-state index contributed by atoms with van der Waals surface area (Å²) in [7, 11) is 0. The van der Waals surface area contributed by atoms with Gasteiger partial charge in [0.25, 0.3) is 0 Å². The highest BCUT2D eigenvalue weighted by atomic mass is 15.2. The highest BCUT2D eigenvalue weighted by Crippen LogP contribution is 2.13. The summed E-state index contributed by atoms with van der Waals surface area (Å²) in [4.78, 5) is 8.87. The highest BCUT2D eigenvalue weighted by molar-refractivity contribution is 5.80. The molecule has 1 heterocycles. The number of nitrogens with one attached hydrogen (secondary N) is 2. The molecule has 134 valence electrons. The van der Waals surface area contributed by atoms with Gasteiger partial charge < -0.3 is 10.6 Å². The van der Waals surface area contributed by atoms with Gasteiger partial charge in [-0.25, -0.2) is 0 Å². The molecule has 0 spiro atoms. The first-order valence-corrected chi connectivity index (χ1v) is 9.17. The van der Waals surface area contributed by atoms with Gasteiger partial charge in [0.15, 0.2) is 5.96 Å². The molecule has 0 saturated carbocycles. The van der Waals surface area contributed by atoms with Gasteiger partial charge in [0.1, 0.15) is 0 Å². The van der Waals surface area contributed by atoms with E-state index in [1.807, 2.05) is 12.4 Å². The van der Waals surface area contributed by atoms with Gasteiger partial charge >= 0.3 is 0 Å². The first kappa shape index (κ1) is 19.0. The van der Waals surface area contributed by atoms with Crippen molar-refractivity contribution in [1.29, 1.82) is 0 Å². The molecule has 0 radical (unpaired) electrons. The predicted molar refractivity (Wildman–Crippen MR) is 106 cm³/mol. The second-order valence-corrected chi connectivity index (χ2v) is 6.27. The molecule has 2 aromatic rings. The van der Waals surface area contributed by atoms with Gasteiger partial charge in [-0.15, -0.1) is 0 Å². The maximum Gasteiger partial charge on any atom is 0.191 e. The van der Waals surface area contributed by atoms with E-state index in [9.17, 15) is 0 Å². The van der Waals surface area contributed by atoms with Crippen molar-refractivity contribution in [2.75, 3.05) is 13.1 Å². The number of rotatable bonds is 7. The Bertz CT molecular complexity index is 677. The molecule has 0 aliphatic heterocycles. The van der Waals surface area contributed by atoms with E-state index < -0.39 is 0 Å². The molecule has 1 aromatic heterocycles. The van der Waals surface area contributed by atoms with E-state index in [1.165, 1.54) is 22.3 Å². The molecule has 1 aromatic carbocycles. The molecule has 1 unspecified atom stereocenters. The Hall–Kier alpha value is -2.36. The van der Waals surface area contributed by atoms with Crippen LogP contribution in [0, 0.1) is 6.92 Å². The van der Waals surface area contributed by atoms with Crippen LogP contribution in [-0.4, -0.2) is 24.0 Å². The minimum atomic E-state index is 0.214. The van der Waals surface area contributed by atoms with Gasteiger partial charge in [-0.05, 0) is 61.9 Å². The van der Waals surface area contributed by atoms with Crippen molar-refractivity contribution in [3.8, 4) is 0 Å². The maximum absolute atomic E-state index is 4.72. The fourth-order valence-electron chi connectivity index (χ4n) is 2.72. The van der Waals surface area contributed by atoms with Gasteiger partial charge in [-0.2, -0.15) is 0 Å². The summed E-state index contributed by atoms with van der Waals surface area (Å²) in [5, 5.41) is 6.83. The van der Waals surface area contributed by atoms with Crippen LogP contribution in [0.15, 0.2) is 47.7 Å². The van der Waals surface area contributed by atoms with Gasteiger partial charge in [-0.1, -0.05) is 31.2 Å². The fraction of sp³-hybridized carbons (Fsp3) is 0.429. The largest absolute Gasteiger partial charge is 0.357 e. The van der Waals surface area contributed by atoms with Crippen LogP contribution < -0.4 is 10.6 Å². The molecule has 0 bridgehead atoms. The zero-order chi connectivity index (χ0) is 18.1. The third kappa shape index (κ3) is 5.89. The van der Waals surface area contributed by atoms with E-state index in [0.717, 1.165) is 31.9 Å². The van der Waals surface area contributed by atoms with Crippen molar-refractivity contribution >= 4 is 5.96 Å². The number of aliphatic imine (C=N–C) groups is 1. The van der Waals surface area contributed by atoms with Crippen LogP contribution in [-0.2, 0) is 12.8 Å². The van der Waals surface area contributed by atoms with E-state index in [1.54, 1.807) is 0 Å². The normalized spacial score (nSPS) is 12.7. The summed E-state index contributed by atoms with van der Waals surface area (Å²) in [5.74, 6) is 0.862. The first-order chi connectivity index (χ1) is 12.1. The number of guanidine groups is 1. The zero-order valence-electron chi connectivity index (χ0n) is 15.8. The lowest BCUT2D eigenvalue weighted by Crippen LogP contribution is -2.38. The second kappa shape index (κ2) is 9.82. The summed E-state index contributed by atoms with van der Waals surface area (Å²) >= 11 is 0. The summed E-state index contributed by atoms with van der Waals surface area (Å²) in [6.45, 7) is 10.1. The van der Waals surface area contributed by atoms with Gasteiger partial charge in [0.2, 0.25) is 0 Å². The van der Waals surface area contributed by atoms with E-state index in [0.29, 0.717) is 0 Å². The average molecular weight is 338 g/mol. The Morgan fingerprint density at radius 1 is 1.16 bits per heavy atom. The second-order valence-electron chi connectivity index (χ2n) is 6.27. The molecule has 2 N–H and O–H groups in total. The average Bonchev–Trinajstić information content (AvgIpc) is 2.63. The monoisotopic (exact) mass is 338 g/mol. The van der Waals surface area contributed by atoms with Crippen molar-refractivity contribution in [3.63, 3.8) is 0 Å². The quantitative estimate of drug-likeness (QED) is 0.596. The van der Waals surface area contributed by atoms with Crippen LogP contribution in [0.2, 0.25) is 0 Å². The SMILES string of the molecule is CCNC(=NCCc1ccncc1C)NC(C)c1ccc(CC)cc1. The van der Waals surface area contributed by atoms with Crippen molar-refractivity contribution in [2.24, 2.45) is 4.99 Å². The van der Waals surface area contributed by atoms with Gasteiger partial charge in [0.05, 0.1) is 6.04 Å². The molecule has 0 amide bonds. The molecular formula is C21H30N4. The third-order valence-electron chi connectivity index (χ3n) is 4.37. The van der Waals surface area contributed by atoms with E-state index in [2.05, 4.69) is 73.6 Å². The molecule has 0 aliphatic rings. The molecule has 4 nitrogen and oxygen atoms in total. The van der Waals surface area contributed by atoms with E-state index in [4.69, 9.17) is 4.99 Å². The molecule has 0 aliphatic carbocycles. The number of hydrogen-bond acceptors (Lipinski definition) is 2. The number of aryl methyl sites for hydroxylation is 2. The third-order valence-corrected chi connectivity index (χ3v) is 4.37. The summed E-state index contributed by atoms with van der Waals surface area (Å²) in [6, 6.07) is 11.1. The van der Waals surface area contributed by atoms with Crippen LogP contribution in [0.1, 0.15) is 49.1 Å². The lowest BCUT2D eigenvalue weighted by atomic mass is 10.1. The summed E-state index contributed by atoms with van der Waals surface area (Å²) < 4.78 is 0. The minimum absolute atomic E-state index is 0.214. The number of pyridine rings is 1. The number of aromatic nitrogens is 1. The molecule has 0 fully saturated rings. The van der Waals surface area contributed by atoms with Crippen LogP contribution in [0.3, 0.4) is 0 Å². The Balaban J connectivity index is 1.97. The Kier molecular flexibility index (Phi) is 7.45. The van der Waals surface area contributed by atoms with Crippen LogP contribution in [0.5, 0.6) is 0 Å². The summed E-state index contributed by atoms with van der Waals surface area (Å²) in [5.41, 5.74) is 5.16. The van der Waals surface area contributed by atoms with Gasteiger partial charge in [0, 0.05) is 25.5 Å². The topological polar surface area (TPSA) is 49.3 Å². The van der Waals surface area contributed by atoms with Gasteiger partial charge in [-0.3, -0.25) is 9.98 Å². The maximum atomic E-state index is 4.72. The van der Waals surface area contributed by atoms with E-state index in [-0.39, 0.29) is 6.04 Å². The van der Waals surface area contributed by atoms with Crippen LogP contribution >= 0.6 is 0 Å². The Morgan fingerprint density at radius 3 is 2.56 bits per heavy atom. The minimum Gasteiger partial charge on any atom is -0.357 e. The lowest BCUT2D eigenvalue weighted by molar-refractivity contribution is 0.685. The number of benzene rings is 1. The molecular weight excluding hydrogens is 308 g/mol. The van der Waals surface area contributed by atoms with Crippen LogP contribution in [0.25, 0.3) is 0 Å². The first-order valence-electron chi connectivity index (χ1n) is 9.17. The smallest absolute Gasteiger partial charge is 0.191 e. The van der Waals surface area contributed by atoms with Crippen molar-refractivity contribution in [2.45, 2.75) is 46.6 Å². The molecule has 0 saturated heterocycles. The standard InChI is InChI=1S/C21H30N4/c1-5-18-7-9-20(10-8-18)17(4)25-21(23-6-2)24-14-12-19-11-13-22-15-16(19)3/h7-11,13,15,17H,5-6,12,14H2,1-4H3,(H2,23,24,25). The molecule has 4 heteroatoms. The fourth-order valence-corrected chi connectivity index (χ4v) is 2.72. The lowest BCUT2D eigenvalue weighted by Gasteiger charge is -2.18. The van der Waals surface area contributed by atoms with Crippen LogP contribution in [0.4, 0.5) is 0 Å². The molecule has 2 rings (SSSR count). The zero-order valence-corrected chi connectivity index (χ0v) is 15.8. The van der Waals surface area contributed by atoms with E-state index >= 15 is 0 Å². The predicted octanol–water partition coefficient (Wildman–Crippen LogP) is 3.81.